The fraction of sp³-hybridized carbons (Fsp3) is 0.143. The van der Waals surface area contributed by atoms with Crippen molar-refractivity contribution in [2.75, 3.05) is 7.11 Å². The van der Waals surface area contributed by atoms with Crippen LogP contribution in [-0.2, 0) is 27.5 Å². The van der Waals surface area contributed by atoms with Gasteiger partial charge in [-0.05, 0) is 48.6 Å². The van der Waals surface area contributed by atoms with Gasteiger partial charge in [-0.25, -0.2) is 22.5 Å². The summed E-state index contributed by atoms with van der Waals surface area (Å²) in [5.41, 5.74) is 10.9. The zero-order valence-electron chi connectivity index (χ0n) is 26.0. The van der Waals surface area contributed by atoms with Crippen LogP contribution in [0.1, 0.15) is 21.1 Å². The van der Waals surface area contributed by atoms with Crippen LogP contribution in [0, 0.1) is 11.6 Å². The molecule has 0 aliphatic heterocycles. The number of ether oxygens (including phenoxy) is 3. The lowest BCUT2D eigenvalue weighted by molar-refractivity contribution is -0.244. The van der Waals surface area contributed by atoms with Crippen molar-refractivity contribution >= 4 is 45.7 Å². The van der Waals surface area contributed by atoms with Crippen LogP contribution in [0.3, 0.4) is 0 Å². The first-order valence-corrected chi connectivity index (χ1v) is 15.9. The quantitative estimate of drug-likeness (QED) is 0.115. The minimum atomic E-state index is -2.34. The van der Waals surface area contributed by atoms with Gasteiger partial charge in [-0.15, -0.1) is 11.3 Å². The van der Waals surface area contributed by atoms with Gasteiger partial charge in [0.05, 0.1) is 36.2 Å². The number of halogens is 5. The maximum atomic E-state index is 15.8. The molecule has 2 atom stereocenters. The number of aromatic nitrogens is 2. The first kappa shape index (κ1) is 36.1. The molecular formula is C35H27ClF4N4O5S. The number of fused-ring (bicyclic) bond motifs is 1. The molecule has 5 aromatic rings. The van der Waals surface area contributed by atoms with Crippen molar-refractivity contribution in [3.05, 3.63) is 135 Å². The second kappa shape index (κ2) is 15.6. The molecule has 9 nitrogen and oxygen atoms in total. The lowest BCUT2D eigenvalue weighted by atomic mass is 9.95. The van der Waals surface area contributed by atoms with Crippen LogP contribution in [0.4, 0.5) is 17.6 Å². The van der Waals surface area contributed by atoms with E-state index in [4.69, 9.17) is 37.3 Å². The van der Waals surface area contributed by atoms with Gasteiger partial charge in [0.15, 0.2) is 6.17 Å². The van der Waals surface area contributed by atoms with E-state index in [1.807, 2.05) is 36.4 Å². The molecule has 2 heterocycles. The number of primary amides is 2. The molecule has 6 rings (SSSR count). The average Bonchev–Trinajstić information content (AvgIpc) is 3.56. The lowest BCUT2D eigenvalue weighted by Crippen LogP contribution is -2.48. The van der Waals surface area contributed by atoms with Gasteiger partial charge in [0.1, 0.15) is 40.4 Å². The number of hydrogen-bond donors (Lipinski definition) is 2. The number of amides is 2. The van der Waals surface area contributed by atoms with Crippen molar-refractivity contribution < 1.29 is 41.4 Å². The van der Waals surface area contributed by atoms with Gasteiger partial charge in [-0.2, -0.15) is 0 Å². The minimum Gasteiger partial charge on any atom is -0.497 e. The molecule has 258 valence electrons. The number of nitrogens with zero attached hydrogens (tertiary/aromatic N) is 2. The molecule has 0 saturated carbocycles. The minimum absolute atomic E-state index is 0.199. The van der Waals surface area contributed by atoms with E-state index in [2.05, 4.69) is 9.97 Å². The van der Waals surface area contributed by atoms with E-state index in [0.717, 1.165) is 41.3 Å². The van der Waals surface area contributed by atoms with Crippen LogP contribution in [0.25, 0.3) is 22.2 Å². The fourth-order valence-electron chi connectivity index (χ4n) is 4.82. The molecule has 0 bridgehead atoms. The Morgan fingerprint density at radius 2 is 1.62 bits per heavy atom. The van der Waals surface area contributed by atoms with Gasteiger partial charge in [-0.3, -0.25) is 14.6 Å². The number of alkyl halides is 1. The molecule has 2 amide bonds. The van der Waals surface area contributed by atoms with Gasteiger partial charge < -0.3 is 25.7 Å². The van der Waals surface area contributed by atoms with Crippen LogP contribution in [0.2, 0.25) is 5.02 Å². The monoisotopic (exact) mass is 726 g/mol. The van der Waals surface area contributed by atoms with Gasteiger partial charge in [0.25, 0.3) is 11.8 Å². The maximum Gasteiger partial charge on any atom is 0.254 e. The van der Waals surface area contributed by atoms with E-state index >= 15 is 4.39 Å². The van der Waals surface area contributed by atoms with Gasteiger partial charge in [-0.1, -0.05) is 41.9 Å². The molecule has 0 spiro atoms. The number of nitrogens with two attached hydrogens (primary N) is 2. The molecule has 50 heavy (non-hydrogen) atoms. The normalized spacial score (nSPS) is 17.0. The van der Waals surface area contributed by atoms with E-state index < -0.39 is 52.4 Å². The number of rotatable bonds is 10. The molecular weight excluding hydrogens is 700 g/mol. The van der Waals surface area contributed by atoms with E-state index in [-0.39, 0.29) is 13.2 Å². The van der Waals surface area contributed by atoms with Crippen molar-refractivity contribution in [2.45, 2.75) is 25.2 Å². The molecule has 4 N–H and O–H groups in total. The maximum absolute atomic E-state index is 15.8. The topological polar surface area (TPSA) is 140 Å². The first-order valence-electron chi connectivity index (χ1n) is 14.6. The summed E-state index contributed by atoms with van der Waals surface area (Å²) in [5.74, 6) is -6.86. The molecule has 0 saturated heterocycles. The summed E-state index contributed by atoms with van der Waals surface area (Å²) in [7, 11) is 1.55. The average molecular weight is 727 g/mol. The number of pyridine rings is 1. The molecule has 2 aromatic heterocycles. The van der Waals surface area contributed by atoms with Crippen LogP contribution in [0.15, 0.2) is 102 Å². The standard InChI is InChI=1S/C28H22ClF2N3O4S.C7H5F2NO/c1-36-18-9-7-16-6-8-17(33-22(16)12-18)13-37-28(11-10-21(30)25(26(28)31)27(32)35)38-14-24-34-23(15-39-24)19-4-2-3-5-20(19)29;8-4-2-1-3-5(9)6(4)7(10)11/h2-12,15,26H,13-14H2,1H3,(H2,32,35);1-3H,(H2,10,11). The molecule has 0 radical (unpaired) electrons. The summed E-state index contributed by atoms with van der Waals surface area (Å²) in [4.78, 5) is 31.4. The number of carbonyl (C=O) groups excluding carboxylic acids is 2. The van der Waals surface area contributed by atoms with Gasteiger partial charge in [0.2, 0.25) is 5.79 Å². The highest BCUT2D eigenvalue weighted by molar-refractivity contribution is 7.09. The zero-order valence-corrected chi connectivity index (χ0v) is 27.6. The summed E-state index contributed by atoms with van der Waals surface area (Å²) >= 11 is 7.55. The zero-order chi connectivity index (χ0) is 36.0. The Balaban J connectivity index is 0.000000377. The Morgan fingerprint density at radius 1 is 0.920 bits per heavy atom. The Hall–Kier alpha value is -5.15. The second-order valence-corrected chi connectivity index (χ2v) is 11.9. The lowest BCUT2D eigenvalue weighted by Gasteiger charge is -2.35. The van der Waals surface area contributed by atoms with Crippen molar-refractivity contribution in [1.82, 2.24) is 9.97 Å². The predicted octanol–water partition coefficient (Wildman–Crippen LogP) is 7.13. The molecule has 0 fully saturated rings. The fourth-order valence-corrected chi connectivity index (χ4v) is 5.76. The number of methoxy groups -OCH3 is 1. The number of thiazole rings is 1. The summed E-state index contributed by atoms with van der Waals surface area (Å²) in [6, 6.07) is 19.3. The summed E-state index contributed by atoms with van der Waals surface area (Å²) < 4.78 is 72.3. The Bertz CT molecular complexity index is 2110. The second-order valence-electron chi connectivity index (χ2n) is 10.5. The predicted molar refractivity (Wildman–Crippen MR) is 179 cm³/mol. The van der Waals surface area contributed by atoms with Gasteiger partial charge >= 0.3 is 0 Å². The molecule has 1 aliphatic rings. The third-order valence-corrected chi connectivity index (χ3v) is 8.48. The van der Waals surface area contributed by atoms with Crippen LogP contribution in [0.5, 0.6) is 5.75 Å². The summed E-state index contributed by atoms with van der Waals surface area (Å²) in [5, 5.41) is 3.67. The summed E-state index contributed by atoms with van der Waals surface area (Å²) in [6.07, 6.45) is -0.346. The number of benzene rings is 3. The summed E-state index contributed by atoms with van der Waals surface area (Å²) in [6.45, 7) is -0.412. The third kappa shape index (κ3) is 8.00. The van der Waals surface area contributed by atoms with E-state index in [9.17, 15) is 22.8 Å². The largest absolute Gasteiger partial charge is 0.497 e. The Labute approximate surface area is 291 Å². The van der Waals surface area contributed by atoms with Crippen LogP contribution >= 0.6 is 22.9 Å². The van der Waals surface area contributed by atoms with E-state index in [1.165, 1.54) is 11.3 Å². The van der Waals surface area contributed by atoms with Crippen LogP contribution < -0.4 is 16.2 Å². The van der Waals surface area contributed by atoms with E-state index in [0.29, 0.717) is 32.7 Å². The Morgan fingerprint density at radius 3 is 2.28 bits per heavy atom. The highest BCUT2D eigenvalue weighted by Crippen LogP contribution is 2.37. The number of carbonyl (C=O) groups is 2. The Kier molecular flexibility index (Phi) is 11.3. The number of allylic oxidation sites excluding steroid dienone is 2. The first-order chi connectivity index (χ1) is 23.9. The molecule has 3 aromatic carbocycles. The van der Waals surface area contributed by atoms with Crippen molar-refractivity contribution in [3.63, 3.8) is 0 Å². The molecule has 1 aliphatic carbocycles. The van der Waals surface area contributed by atoms with Crippen molar-refractivity contribution in [1.29, 1.82) is 0 Å². The van der Waals surface area contributed by atoms with Crippen molar-refractivity contribution in [3.8, 4) is 17.0 Å². The third-order valence-electron chi connectivity index (χ3n) is 7.33. The highest BCUT2D eigenvalue weighted by atomic mass is 35.5. The number of hydrogen-bond acceptors (Lipinski definition) is 8. The van der Waals surface area contributed by atoms with Gasteiger partial charge in [0, 0.05) is 27.4 Å². The highest BCUT2D eigenvalue weighted by Gasteiger charge is 2.47. The molecule has 15 heteroatoms. The molecule has 2 unspecified atom stereocenters. The smallest absolute Gasteiger partial charge is 0.254 e. The van der Waals surface area contributed by atoms with Crippen molar-refractivity contribution in [2.24, 2.45) is 11.5 Å². The van der Waals surface area contributed by atoms with Crippen LogP contribution in [-0.4, -0.2) is 40.9 Å². The van der Waals surface area contributed by atoms with E-state index in [1.54, 1.807) is 30.7 Å². The SMILES string of the molecule is COc1ccc2ccc(COC3(OCc4nc(-c5ccccc5Cl)cs4)C=CC(F)=C(C(N)=O)C3F)nc2c1.NC(=O)c1c(F)cccc1F.